The van der Waals surface area contributed by atoms with Crippen LogP contribution in [0.2, 0.25) is 0 Å². The summed E-state index contributed by atoms with van der Waals surface area (Å²) in [7, 11) is 0. The zero-order valence-corrected chi connectivity index (χ0v) is 16.6. The van der Waals surface area contributed by atoms with Crippen molar-refractivity contribution in [3.63, 3.8) is 0 Å². The van der Waals surface area contributed by atoms with Crippen LogP contribution < -0.4 is 9.47 Å². The number of carboxylic acid groups (broad SMARTS) is 1. The fraction of sp³-hybridized carbons (Fsp3) is 0.273. The average molecular weight is 397 g/mol. The van der Waals surface area contributed by atoms with Crippen molar-refractivity contribution in [2.24, 2.45) is 0 Å². The highest BCUT2D eigenvalue weighted by molar-refractivity contribution is 7.13. The van der Waals surface area contributed by atoms with E-state index < -0.39 is 5.97 Å². The van der Waals surface area contributed by atoms with E-state index >= 15 is 0 Å². The molecule has 0 atom stereocenters. The quantitative estimate of drug-likeness (QED) is 0.496. The van der Waals surface area contributed by atoms with Gasteiger partial charge in [0.2, 0.25) is 0 Å². The fourth-order valence-electron chi connectivity index (χ4n) is 2.81. The summed E-state index contributed by atoms with van der Waals surface area (Å²) in [6.07, 6.45) is 1.81. The normalized spacial score (nSPS) is 10.6. The summed E-state index contributed by atoms with van der Waals surface area (Å²) in [6.45, 7) is 3.07. The second-order valence-electron chi connectivity index (χ2n) is 6.25. The number of hydrogen-bond donors (Lipinski definition) is 1. The van der Waals surface area contributed by atoms with Crippen molar-refractivity contribution >= 4 is 17.3 Å². The predicted molar refractivity (Wildman–Crippen MR) is 110 cm³/mol. The summed E-state index contributed by atoms with van der Waals surface area (Å²) in [4.78, 5) is 15.2. The highest BCUT2D eigenvalue weighted by Gasteiger charge is 2.12. The lowest BCUT2D eigenvalue weighted by Crippen LogP contribution is -2.02. The summed E-state index contributed by atoms with van der Waals surface area (Å²) >= 11 is 1.43. The maximum absolute atomic E-state index is 10.8. The van der Waals surface area contributed by atoms with Gasteiger partial charge >= 0.3 is 5.97 Å². The molecule has 0 aliphatic carbocycles. The second kappa shape index (κ2) is 9.90. The third kappa shape index (κ3) is 5.57. The van der Waals surface area contributed by atoms with Crippen LogP contribution in [0.4, 0.5) is 0 Å². The minimum absolute atomic E-state index is 0.0720. The van der Waals surface area contributed by atoms with Crippen LogP contribution in [0.5, 0.6) is 11.5 Å². The highest BCUT2D eigenvalue weighted by atomic mass is 32.1. The summed E-state index contributed by atoms with van der Waals surface area (Å²) < 4.78 is 11.7. The van der Waals surface area contributed by atoms with Crippen molar-refractivity contribution in [3.05, 3.63) is 65.2 Å². The number of carboxylic acids is 1. The number of benzene rings is 2. The lowest BCUT2D eigenvalue weighted by molar-refractivity contribution is -0.136. The van der Waals surface area contributed by atoms with Gasteiger partial charge in [-0.05, 0) is 43.5 Å². The van der Waals surface area contributed by atoms with Gasteiger partial charge in [-0.25, -0.2) is 4.98 Å². The van der Waals surface area contributed by atoms with Crippen LogP contribution in [0.3, 0.4) is 0 Å². The number of aromatic nitrogens is 1. The van der Waals surface area contributed by atoms with Gasteiger partial charge in [0.05, 0.1) is 25.3 Å². The number of hydrogen-bond acceptors (Lipinski definition) is 5. The first kappa shape index (κ1) is 19.9. The Bertz CT molecular complexity index is 908. The smallest absolute Gasteiger partial charge is 0.309 e. The van der Waals surface area contributed by atoms with Crippen molar-refractivity contribution < 1.29 is 19.4 Å². The second-order valence-corrected chi connectivity index (χ2v) is 7.10. The molecule has 0 aliphatic rings. The molecule has 0 spiro atoms. The summed E-state index contributed by atoms with van der Waals surface area (Å²) in [5.41, 5.74) is 2.75. The summed E-state index contributed by atoms with van der Waals surface area (Å²) in [5, 5.41) is 11.4. The van der Waals surface area contributed by atoms with E-state index in [0.29, 0.717) is 30.4 Å². The molecule has 0 fully saturated rings. The highest BCUT2D eigenvalue weighted by Crippen LogP contribution is 2.34. The number of thiazole rings is 1. The molecule has 0 aliphatic heterocycles. The molecule has 0 saturated heterocycles. The van der Waals surface area contributed by atoms with Crippen molar-refractivity contribution in [3.8, 4) is 22.1 Å². The first-order valence-corrected chi connectivity index (χ1v) is 10.1. The van der Waals surface area contributed by atoms with Gasteiger partial charge in [-0.3, -0.25) is 4.79 Å². The van der Waals surface area contributed by atoms with E-state index in [1.54, 1.807) is 5.38 Å². The Balaban J connectivity index is 1.65. The van der Waals surface area contributed by atoms with Gasteiger partial charge in [-0.15, -0.1) is 11.3 Å². The van der Waals surface area contributed by atoms with E-state index in [1.165, 1.54) is 16.9 Å². The van der Waals surface area contributed by atoms with Gasteiger partial charge in [-0.2, -0.15) is 0 Å². The molecule has 0 bridgehead atoms. The van der Waals surface area contributed by atoms with Crippen LogP contribution in [-0.4, -0.2) is 29.3 Å². The molecule has 2 aromatic carbocycles. The van der Waals surface area contributed by atoms with Crippen LogP contribution >= 0.6 is 11.3 Å². The van der Waals surface area contributed by atoms with E-state index in [2.05, 4.69) is 17.1 Å². The maximum atomic E-state index is 10.8. The Morgan fingerprint density at radius 2 is 1.93 bits per heavy atom. The Kier molecular flexibility index (Phi) is 7.03. The van der Waals surface area contributed by atoms with Crippen LogP contribution in [0.25, 0.3) is 10.6 Å². The third-order valence-corrected chi connectivity index (χ3v) is 5.02. The monoisotopic (exact) mass is 397 g/mol. The molecule has 6 heteroatoms. The molecule has 3 rings (SSSR count). The number of nitrogens with zero attached hydrogens (tertiary/aromatic N) is 1. The Morgan fingerprint density at radius 3 is 2.68 bits per heavy atom. The van der Waals surface area contributed by atoms with Gasteiger partial charge in [-0.1, -0.05) is 30.3 Å². The minimum Gasteiger partial charge on any atom is -0.490 e. The van der Waals surface area contributed by atoms with Gasteiger partial charge in [0.15, 0.2) is 11.5 Å². The average Bonchev–Trinajstić information content (AvgIpc) is 3.15. The van der Waals surface area contributed by atoms with Crippen molar-refractivity contribution in [2.45, 2.75) is 26.2 Å². The Morgan fingerprint density at radius 1 is 1.11 bits per heavy atom. The number of aliphatic carboxylic acids is 1. The van der Waals surface area contributed by atoms with Crippen molar-refractivity contribution in [2.75, 3.05) is 13.2 Å². The van der Waals surface area contributed by atoms with E-state index in [1.807, 2.05) is 43.3 Å². The molecule has 0 unspecified atom stereocenters. The van der Waals surface area contributed by atoms with E-state index in [4.69, 9.17) is 14.6 Å². The Hall–Kier alpha value is -2.86. The molecular weight excluding hydrogens is 374 g/mol. The molecule has 0 radical (unpaired) electrons. The number of aryl methyl sites for hydroxylation is 1. The molecule has 0 saturated carbocycles. The van der Waals surface area contributed by atoms with Crippen molar-refractivity contribution in [1.82, 2.24) is 4.98 Å². The molecular formula is C22H23NO4S. The topological polar surface area (TPSA) is 68.7 Å². The molecule has 28 heavy (non-hydrogen) atoms. The molecule has 1 N–H and O–H groups in total. The van der Waals surface area contributed by atoms with Crippen LogP contribution in [0.15, 0.2) is 53.9 Å². The molecule has 3 aromatic rings. The zero-order chi connectivity index (χ0) is 19.8. The number of ether oxygens (including phenoxy) is 2. The lowest BCUT2D eigenvalue weighted by Gasteiger charge is -2.13. The van der Waals surface area contributed by atoms with Crippen LogP contribution in [0, 0.1) is 0 Å². The number of carbonyl (C=O) groups is 1. The standard InChI is InChI=1S/C22H23NO4S/c1-2-26-20-13-17(22-23-18(15-28-22)14-21(24)25)10-11-19(20)27-12-6-9-16-7-4-3-5-8-16/h3-5,7-8,10-11,13,15H,2,6,9,12,14H2,1H3,(H,24,25). The molecule has 0 amide bonds. The SMILES string of the molecule is CCOc1cc(-c2nc(CC(=O)O)cs2)ccc1OCCCc1ccccc1. The molecule has 146 valence electrons. The fourth-order valence-corrected chi connectivity index (χ4v) is 3.62. The van der Waals surface area contributed by atoms with E-state index in [-0.39, 0.29) is 6.42 Å². The van der Waals surface area contributed by atoms with Crippen LogP contribution in [-0.2, 0) is 17.6 Å². The predicted octanol–water partition coefficient (Wildman–Crippen LogP) is 4.85. The number of rotatable bonds is 10. The van der Waals surface area contributed by atoms with Crippen molar-refractivity contribution in [1.29, 1.82) is 0 Å². The van der Waals surface area contributed by atoms with Crippen LogP contribution in [0.1, 0.15) is 24.6 Å². The van der Waals surface area contributed by atoms with Gasteiger partial charge in [0.25, 0.3) is 0 Å². The van der Waals surface area contributed by atoms with Gasteiger partial charge in [0, 0.05) is 10.9 Å². The largest absolute Gasteiger partial charge is 0.490 e. The summed E-state index contributed by atoms with van der Waals surface area (Å²) in [6, 6.07) is 16.1. The molecule has 1 aromatic heterocycles. The first-order chi connectivity index (χ1) is 13.7. The lowest BCUT2D eigenvalue weighted by atomic mass is 10.1. The maximum Gasteiger partial charge on any atom is 0.309 e. The molecule has 5 nitrogen and oxygen atoms in total. The van der Waals surface area contributed by atoms with Gasteiger partial charge in [0.1, 0.15) is 5.01 Å². The summed E-state index contributed by atoms with van der Waals surface area (Å²) in [5.74, 6) is 0.502. The Labute approximate surface area is 168 Å². The third-order valence-electron chi connectivity index (χ3n) is 4.08. The van der Waals surface area contributed by atoms with E-state index in [9.17, 15) is 4.79 Å². The zero-order valence-electron chi connectivity index (χ0n) is 15.8. The van der Waals surface area contributed by atoms with Gasteiger partial charge < -0.3 is 14.6 Å². The minimum atomic E-state index is -0.883. The molecule has 1 heterocycles. The van der Waals surface area contributed by atoms with E-state index in [0.717, 1.165) is 23.4 Å². The first-order valence-electron chi connectivity index (χ1n) is 9.26.